The van der Waals surface area contributed by atoms with Crippen molar-refractivity contribution in [1.82, 2.24) is 19.7 Å². The minimum atomic E-state index is -0.533. The number of anilines is 1. The summed E-state index contributed by atoms with van der Waals surface area (Å²) in [6.45, 7) is 2.62. The summed E-state index contributed by atoms with van der Waals surface area (Å²) in [6, 6.07) is 27.2. The van der Waals surface area contributed by atoms with Crippen LogP contribution in [0.25, 0.3) is 44.7 Å². The third kappa shape index (κ3) is 5.96. The number of pyridine rings is 1. The van der Waals surface area contributed by atoms with Crippen LogP contribution in [0, 0.1) is 0 Å². The lowest BCUT2D eigenvalue weighted by Crippen LogP contribution is -2.16. The smallest absolute Gasteiger partial charge is 0.341 e. The summed E-state index contributed by atoms with van der Waals surface area (Å²) in [4.78, 5) is 30.7. The van der Waals surface area contributed by atoms with Crippen LogP contribution in [0.3, 0.4) is 0 Å². The van der Waals surface area contributed by atoms with Gasteiger partial charge in [-0.3, -0.25) is 4.79 Å². The zero-order valence-electron chi connectivity index (χ0n) is 23.8. The molecule has 8 nitrogen and oxygen atoms in total. The largest absolute Gasteiger partial charge is 0.465 e. The van der Waals surface area contributed by atoms with E-state index in [-0.39, 0.29) is 11.7 Å². The molecular formula is C33H26ClN5O3S2. The molecule has 0 radical (unpaired) electrons. The molecule has 0 atom stereocenters. The number of rotatable bonds is 9. The maximum Gasteiger partial charge on any atom is 0.341 e. The van der Waals surface area contributed by atoms with Gasteiger partial charge in [0.1, 0.15) is 10.6 Å². The summed E-state index contributed by atoms with van der Waals surface area (Å²) in [5, 5.41) is 16.3. The van der Waals surface area contributed by atoms with E-state index < -0.39 is 5.97 Å². The standard InChI is InChI=1S/C33H26ClN5O3S2/c1-3-39-30(24-17-27(21-9-5-4-6-10-21)35-26-12-8-7-11-23(24)26)37-38-33(39)44-19-28(40)36-31-29(32(41)42-2)25(18-43-31)20-13-15-22(34)16-14-20/h4-18H,3,19H2,1-2H3,(H,36,40). The zero-order valence-corrected chi connectivity index (χ0v) is 26.2. The summed E-state index contributed by atoms with van der Waals surface area (Å²) >= 11 is 8.59. The van der Waals surface area contributed by atoms with E-state index in [2.05, 4.69) is 15.5 Å². The molecule has 0 saturated carbocycles. The highest BCUT2D eigenvalue weighted by molar-refractivity contribution is 7.99. The molecule has 3 aromatic carbocycles. The number of fused-ring (bicyclic) bond motifs is 1. The third-order valence-electron chi connectivity index (χ3n) is 6.98. The van der Waals surface area contributed by atoms with Gasteiger partial charge in [-0.15, -0.1) is 21.5 Å². The monoisotopic (exact) mass is 639 g/mol. The van der Waals surface area contributed by atoms with Gasteiger partial charge >= 0.3 is 5.97 Å². The fourth-order valence-corrected chi connectivity index (χ4v) is 6.79. The van der Waals surface area contributed by atoms with Gasteiger partial charge in [-0.1, -0.05) is 84.0 Å². The van der Waals surface area contributed by atoms with Crippen LogP contribution in [0.2, 0.25) is 5.02 Å². The van der Waals surface area contributed by atoms with Gasteiger partial charge < -0.3 is 14.6 Å². The number of thioether (sulfide) groups is 1. The summed E-state index contributed by atoms with van der Waals surface area (Å²) in [5.74, 6) is -0.0455. The number of halogens is 1. The summed E-state index contributed by atoms with van der Waals surface area (Å²) in [7, 11) is 1.32. The van der Waals surface area contributed by atoms with Crippen molar-refractivity contribution < 1.29 is 14.3 Å². The van der Waals surface area contributed by atoms with Crippen LogP contribution in [-0.4, -0.2) is 44.5 Å². The molecule has 0 saturated heterocycles. The van der Waals surface area contributed by atoms with Gasteiger partial charge in [-0.05, 0) is 36.8 Å². The number of carbonyl (C=O) groups is 2. The van der Waals surface area contributed by atoms with Crippen molar-refractivity contribution in [1.29, 1.82) is 0 Å². The van der Waals surface area contributed by atoms with Crippen LogP contribution in [-0.2, 0) is 16.1 Å². The van der Waals surface area contributed by atoms with Crippen LogP contribution in [0.4, 0.5) is 5.00 Å². The van der Waals surface area contributed by atoms with Gasteiger partial charge in [0.05, 0.1) is 24.1 Å². The number of nitrogens with one attached hydrogen (secondary N) is 1. The first kappa shape index (κ1) is 29.6. The molecule has 0 aliphatic heterocycles. The minimum absolute atomic E-state index is 0.0687. The van der Waals surface area contributed by atoms with Gasteiger partial charge in [0, 0.05) is 39.0 Å². The second kappa shape index (κ2) is 13.0. The molecule has 3 aromatic heterocycles. The predicted molar refractivity (Wildman–Crippen MR) is 177 cm³/mol. The van der Waals surface area contributed by atoms with E-state index in [9.17, 15) is 9.59 Å². The third-order valence-corrected chi connectivity index (χ3v) is 9.09. The second-order valence-electron chi connectivity index (χ2n) is 9.68. The molecule has 11 heteroatoms. The number of thiophene rings is 1. The van der Waals surface area contributed by atoms with Gasteiger partial charge in [0.15, 0.2) is 11.0 Å². The Hall–Kier alpha value is -4.51. The topological polar surface area (TPSA) is 99.0 Å². The average molecular weight is 640 g/mol. The second-order valence-corrected chi connectivity index (χ2v) is 11.9. The van der Waals surface area contributed by atoms with E-state index in [1.165, 1.54) is 30.2 Å². The molecular weight excluding hydrogens is 614 g/mol. The number of benzene rings is 3. The molecule has 1 amide bonds. The maximum absolute atomic E-state index is 13.1. The molecule has 0 spiro atoms. The molecule has 0 aliphatic carbocycles. The normalized spacial score (nSPS) is 11.1. The molecule has 0 fully saturated rings. The molecule has 1 N–H and O–H groups in total. The Balaban J connectivity index is 1.26. The highest BCUT2D eigenvalue weighted by Crippen LogP contribution is 2.37. The van der Waals surface area contributed by atoms with E-state index in [1.54, 1.807) is 12.1 Å². The lowest BCUT2D eigenvalue weighted by molar-refractivity contribution is -0.113. The van der Waals surface area contributed by atoms with Crippen molar-refractivity contribution in [2.75, 3.05) is 18.2 Å². The Morgan fingerprint density at radius 2 is 1.70 bits per heavy atom. The van der Waals surface area contributed by atoms with Crippen LogP contribution >= 0.6 is 34.7 Å². The summed E-state index contributed by atoms with van der Waals surface area (Å²) in [5.41, 5.74) is 5.38. The number of hydrogen-bond acceptors (Lipinski definition) is 8. The van der Waals surface area contributed by atoms with E-state index >= 15 is 0 Å². The first-order valence-electron chi connectivity index (χ1n) is 13.7. The van der Waals surface area contributed by atoms with Crippen molar-refractivity contribution in [3.8, 4) is 33.8 Å². The molecule has 6 aromatic rings. The Morgan fingerprint density at radius 1 is 0.955 bits per heavy atom. The first-order chi connectivity index (χ1) is 21.5. The Morgan fingerprint density at radius 3 is 2.45 bits per heavy atom. The number of ether oxygens (including phenoxy) is 1. The van der Waals surface area contributed by atoms with Crippen molar-refractivity contribution in [2.24, 2.45) is 0 Å². The first-order valence-corrected chi connectivity index (χ1v) is 16.0. The number of esters is 1. The maximum atomic E-state index is 13.1. The van der Waals surface area contributed by atoms with Crippen LogP contribution in [0.1, 0.15) is 17.3 Å². The van der Waals surface area contributed by atoms with E-state index in [0.717, 1.165) is 33.3 Å². The molecule has 44 heavy (non-hydrogen) atoms. The van der Waals surface area contributed by atoms with E-state index in [0.29, 0.717) is 38.7 Å². The van der Waals surface area contributed by atoms with Crippen molar-refractivity contribution >= 4 is 62.5 Å². The minimum Gasteiger partial charge on any atom is -0.465 e. The number of methoxy groups -OCH3 is 1. The van der Waals surface area contributed by atoms with Crippen molar-refractivity contribution in [3.05, 3.63) is 101 Å². The van der Waals surface area contributed by atoms with Gasteiger partial charge in [-0.2, -0.15) is 0 Å². The molecule has 0 aliphatic rings. The average Bonchev–Trinajstić information content (AvgIpc) is 3.67. The Labute approximate surface area is 267 Å². The predicted octanol–water partition coefficient (Wildman–Crippen LogP) is 8.08. The zero-order chi connectivity index (χ0) is 30.6. The molecule has 0 bridgehead atoms. The quantitative estimate of drug-likeness (QED) is 0.126. The number of para-hydroxylation sites is 1. The number of hydrogen-bond donors (Lipinski definition) is 1. The van der Waals surface area contributed by atoms with Crippen molar-refractivity contribution in [3.63, 3.8) is 0 Å². The van der Waals surface area contributed by atoms with Crippen LogP contribution in [0.5, 0.6) is 0 Å². The highest BCUT2D eigenvalue weighted by Gasteiger charge is 2.23. The molecule has 6 rings (SSSR count). The molecule has 220 valence electrons. The van der Waals surface area contributed by atoms with E-state index in [1.807, 2.05) is 89.7 Å². The van der Waals surface area contributed by atoms with Gasteiger partial charge in [0.2, 0.25) is 5.91 Å². The Kier molecular flexibility index (Phi) is 8.74. The Bertz CT molecular complexity index is 1970. The number of carbonyl (C=O) groups excluding carboxylic acids is 2. The van der Waals surface area contributed by atoms with Crippen LogP contribution < -0.4 is 5.32 Å². The van der Waals surface area contributed by atoms with Crippen molar-refractivity contribution in [2.45, 2.75) is 18.6 Å². The number of nitrogens with zero attached hydrogens (tertiary/aromatic N) is 4. The van der Waals surface area contributed by atoms with Gasteiger partial charge in [-0.25, -0.2) is 9.78 Å². The fourth-order valence-electron chi connectivity index (χ4n) is 4.89. The lowest BCUT2D eigenvalue weighted by Gasteiger charge is -2.12. The fraction of sp³-hybridized carbons (Fsp3) is 0.121. The van der Waals surface area contributed by atoms with Gasteiger partial charge in [0.25, 0.3) is 0 Å². The SMILES string of the molecule is CCn1c(SCC(=O)Nc2scc(-c3ccc(Cl)cc3)c2C(=O)OC)nnc1-c1cc(-c2ccccc2)nc2ccccc12. The summed E-state index contributed by atoms with van der Waals surface area (Å²) < 4.78 is 7.03. The number of aromatic nitrogens is 4. The van der Waals surface area contributed by atoms with Crippen LogP contribution in [0.15, 0.2) is 95.5 Å². The molecule has 0 unspecified atom stereocenters. The summed E-state index contributed by atoms with van der Waals surface area (Å²) in [6.07, 6.45) is 0. The highest BCUT2D eigenvalue weighted by atomic mass is 35.5. The van der Waals surface area contributed by atoms with E-state index in [4.69, 9.17) is 21.3 Å². The lowest BCUT2D eigenvalue weighted by atomic mass is 10.0. The number of amides is 1. The molecule has 3 heterocycles.